The highest BCUT2D eigenvalue weighted by molar-refractivity contribution is 6.29. The topological polar surface area (TPSA) is 29.9 Å². The normalized spacial score (nSPS) is 20.8. The van der Waals surface area contributed by atoms with E-state index in [1.54, 1.807) is 6.20 Å². The fraction of sp³-hybridized carbons (Fsp3) is 0.545. The van der Waals surface area contributed by atoms with Crippen molar-refractivity contribution in [1.82, 2.24) is 14.9 Å². The minimum Gasteiger partial charge on any atom is -0.321 e. The van der Waals surface area contributed by atoms with Crippen molar-refractivity contribution in [3.63, 3.8) is 0 Å². The van der Waals surface area contributed by atoms with Gasteiger partial charge >= 0.3 is 0 Å². The molecular formula is C11H16ClN3. The summed E-state index contributed by atoms with van der Waals surface area (Å²) < 4.78 is 1.91. The summed E-state index contributed by atoms with van der Waals surface area (Å²) in [6.45, 7) is 0.793. The zero-order chi connectivity index (χ0) is 10.7. The Hall–Kier alpha value is -0.800. The number of aromatic nitrogens is 2. The fourth-order valence-corrected chi connectivity index (χ4v) is 1.95. The molecule has 0 aliphatic heterocycles. The van der Waals surface area contributed by atoms with Crippen molar-refractivity contribution in [3.05, 3.63) is 29.3 Å². The Morgan fingerprint density at radius 3 is 3.07 bits per heavy atom. The molecule has 1 aliphatic rings. The van der Waals surface area contributed by atoms with E-state index < -0.39 is 0 Å². The minimum atomic E-state index is 0.588. The molecule has 1 aromatic heterocycles. The average molecular weight is 226 g/mol. The molecule has 82 valence electrons. The van der Waals surface area contributed by atoms with Crippen molar-refractivity contribution in [1.29, 1.82) is 0 Å². The number of halogens is 1. The van der Waals surface area contributed by atoms with Gasteiger partial charge in [0.05, 0.1) is 12.7 Å². The summed E-state index contributed by atoms with van der Waals surface area (Å²) in [6, 6.07) is 0.588. The molecular weight excluding hydrogens is 210 g/mol. The maximum atomic E-state index is 5.91. The van der Waals surface area contributed by atoms with Gasteiger partial charge in [-0.05, 0) is 19.3 Å². The van der Waals surface area contributed by atoms with Gasteiger partial charge in [0.2, 0.25) is 0 Å². The second-order valence-corrected chi connectivity index (χ2v) is 4.31. The van der Waals surface area contributed by atoms with E-state index >= 15 is 0 Å². The number of nitrogens with one attached hydrogen (secondary N) is 1. The number of allylic oxidation sites excluding steroid dienone is 1. The van der Waals surface area contributed by atoms with Crippen molar-refractivity contribution in [2.75, 3.05) is 0 Å². The smallest absolute Gasteiger partial charge is 0.128 e. The van der Waals surface area contributed by atoms with Crippen LogP contribution in [-0.2, 0) is 13.6 Å². The molecule has 4 heteroatoms. The Bertz CT molecular complexity index is 357. The number of imidazole rings is 1. The molecule has 1 N–H and O–H groups in total. The van der Waals surface area contributed by atoms with Gasteiger partial charge in [-0.15, -0.1) is 0 Å². The van der Waals surface area contributed by atoms with Crippen LogP contribution < -0.4 is 5.32 Å². The number of nitrogens with zero attached hydrogens (tertiary/aromatic N) is 2. The van der Waals surface area contributed by atoms with E-state index in [-0.39, 0.29) is 0 Å². The summed E-state index contributed by atoms with van der Waals surface area (Å²) in [5.74, 6) is 0.995. The first-order valence-electron chi connectivity index (χ1n) is 5.32. The lowest BCUT2D eigenvalue weighted by atomic mass is 10.0. The molecule has 0 saturated heterocycles. The SMILES string of the molecule is Cn1c(Cl)cnc1CNC1CC=CCC1. The van der Waals surface area contributed by atoms with Crippen molar-refractivity contribution in [3.8, 4) is 0 Å². The van der Waals surface area contributed by atoms with Gasteiger partial charge in [-0.2, -0.15) is 0 Å². The molecule has 2 rings (SSSR count). The van der Waals surface area contributed by atoms with E-state index in [0.717, 1.165) is 18.8 Å². The summed E-state index contributed by atoms with van der Waals surface area (Å²) in [5.41, 5.74) is 0. The molecule has 1 aromatic rings. The van der Waals surface area contributed by atoms with Gasteiger partial charge in [0.1, 0.15) is 11.0 Å². The first kappa shape index (κ1) is 10.7. The third-order valence-electron chi connectivity index (χ3n) is 2.85. The molecule has 0 fully saturated rings. The molecule has 0 aromatic carbocycles. The van der Waals surface area contributed by atoms with Gasteiger partial charge in [-0.1, -0.05) is 23.8 Å². The van der Waals surface area contributed by atoms with Crippen LogP contribution in [0.1, 0.15) is 25.1 Å². The van der Waals surface area contributed by atoms with E-state index in [1.807, 2.05) is 11.6 Å². The van der Waals surface area contributed by atoms with Crippen LogP contribution in [0.15, 0.2) is 18.3 Å². The van der Waals surface area contributed by atoms with E-state index in [1.165, 1.54) is 12.8 Å². The second kappa shape index (κ2) is 4.81. The molecule has 3 nitrogen and oxygen atoms in total. The quantitative estimate of drug-likeness (QED) is 0.800. The molecule has 1 atom stereocenters. The number of rotatable bonds is 3. The Balaban J connectivity index is 1.87. The van der Waals surface area contributed by atoms with E-state index in [9.17, 15) is 0 Å². The summed E-state index contributed by atoms with van der Waals surface area (Å²) >= 11 is 5.91. The maximum Gasteiger partial charge on any atom is 0.128 e. The van der Waals surface area contributed by atoms with Gasteiger partial charge in [0, 0.05) is 13.1 Å². The predicted molar refractivity (Wildman–Crippen MR) is 61.8 cm³/mol. The lowest BCUT2D eigenvalue weighted by Gasteiger charge is -2.19. The fourth-order valence-electron chi connectivity index (χ4n) is 1.80. The van der Waals surface area contributed by atoms with Crippen LogP contribution in [-0.4, -0.2) is 15.6 Å². The second-order valence-electron chi connectivity index (χ2n) is 3.92. The van der Waals surface area contributed by atoms with Gasteiger partial charge in [-0.3, -0.25) is 0 Å². The van der Waals surface area contributed by atoms with Gasteiger partial charge in [0.15, 0.2) is 0 Å². The molecule has 15 heavy (non-hydrogen) atoms. The lowest BCUT2D eigenvalue weighted by molar-refractivity contribution is 0.463. The van der Waals surface area contributed by atoms with E-state index in [4.69, 9.17) is 11.6 Å². The molecule has 1 heterocycles. The molecule has 1 aliphatic carbocycles. The van der Waals surface area contributed by atoms with Gasteiger partial charge < -0.3 is 9.88 Å². The molecule has 1 unspecified atom stereocenters. The molecule has 0 amide bonds. The third kappa shape index (κ3) is 2.61. The Morgan fingerprint density at radius 2 is 2.47 bits per heavy atom. The largest absolute Gasteiger partial charge is 0.321 e. The lowest BCUT2D eigenvalue weighted by Crippen LogP contribution is -2.30. The highest BCUT2D eigenvalue weighted by Crippen LogP contribution is 2.12. The Kier molecular flexibility index (Phi) is 3.44. The van der Waals surface area contributed by atoms with Crippen LogP contribution in [0, 0.1) is 0 Å². The monoisotopic (exact) mass is 225 g/mol. The van der Waals surface area contributed by atoms with Crippen LogP contribution >= 0.6 is 11.6 Å². The first-order chi connectivity index (χ1) is 7.27. The summed E-state index contributed by atoms with van der Waals surface area (Å²) in [6.07, 6.45) is 9.70. The zero-order valence-corrected chi connectivity index (χ0v) is 9.67. The molecule has 0 saturated carbocycles. The first-order valence-corrected chi connectivity index (χ1v) is 5.69. The highest BCUT2D eigenvalue weighted by atomic mass is 35.5. The maximum absolute atomic E-state index is 5.91. The van der Waals surface area contributed by atoms with Crippen LogP contribution in [0.3, 0.4) is 0 Å². The molecule has 0 bridgehead atoms. The average Bonchev–Trinajstić information content (AvgIpc) is 2.59. The molecule has 0 radical (unpaired) electrons. The van der Waals surface area contributed by atoms with E-state index in [0.29, 0.717) is 11.2 Å². The minimum absolute atomic E-state index is 0.588. The van der Waals surface area contributed by atoms with Gasteiger partial charge in [-0.25, -0.2) is 4.98 Å². The number of hydrogen-bond donors (Lipinski definition) is 1. The summed E-state index contributed by atoms with van der Waals surface area (Å²) in [5, 5.41) is 4.19. The van der Waals surface area contributed by atoms with E-state index in [2.05, 4.69) is 22.5 Å². The van der Waals surface area contributed by atoms with Crippen molar-refractivity contribution >= 4 is 11.6 Å². The van der Waals surface area contributed by atoms with Crippen LogP contribution in [0.5, 0.6) is 0 Å². The highest BCUT2D eigenvalue weighted by Gasteiger charge is 2.10. The zero-order valence-electron chi connectivity index (χ0n) is 8.91. The standard InChI is InChI=1S/C11H16ClN3/c1-15-10(12)7-14-11(15)8-13-9-5-3-2-4-6-9/h2-3,7,9,13H,4-6,8H2,1H3. The summed E-state index contributed by atoms with van der Waals surface area (Å²) in [4.78, 5) is 4.25. The summed E-state index contributed by atoms with van der Waals surface area (Å²) in [7, 11) is 1.94. The predicted octanol–water partition coefficient (Wildman–Crippen LogP) is 2.27. The van der Waals surface area contributed by atoms with Crippen LogP contribution in [0.2, 0.25) is 5.15 Å². The number of hydrogen-bond acceptors (Lipinski definition) is 2. The Labute approximate surface area is 95.1 Å². The third-order valence-corrected chi connectivity index (χ3v) is 3.20. The van der Waals surface area contributed by atoms with Crippen LogP contribution in [0.4, 0.5) is 0 Å². The van der Waals surface area contributed by atoms with Crippen molar-refractivity contribution in [2.24, 2.45) is 7.05 Å². The molecule has 0 spiro atoms. The van der Waals surface area contributed by atoms with Crippen molar-refractivity contribution < 1.29 is 0 Å². The van der Waals surface area contributed by atoms with Crippen LogP contribution in [0.25, 0.3) is 0 Å². The van der Waals surface area contributed by atoms with Gasteiger partial charge in [0.25, 0.3) is 0 Å². The Morgan fingerprint density at radius 1 is 1.60 bits per heavy atom. The van der Waals surface area contributed by atoms with Crippen molar-refractivity contribution in [2.45, 2.75) is 31.8 Å².